The van der Waals surface area contributed by atoms with Gasteiger partial charge in [0.05, 0.1) is 17.7 Å². The molecule has 5 nitrogen and oxygen atoms in total. The van der Waals surface area contributed by atoms with Crippen LogP contribution in [0.25, 0.3) is 5.76 Å². The smallest absolute Gasteiger partial charge is 0.295 e. The summed E-state index contributed by atoms with van der Waals surface area (Å²) in [5.41, 5.74) is 2.39. The fourth-order valence-electron chi connectivity index (χ4n) is 3.51. The third-order valence-corrected chi connectivity index (χ3v) is 4.97. The molecule has 2 aromatic carbocycles. The Morgan fingerprint density at radius 1 is 1.00 bits per heavy atom. The number of rotatable bonds is 5. The average Bonchev–Trinajstić information content (AvgIpc) is 2.92. The number of amides is 1. The van der Waals surface area contributed by atoms with Crippen LogP contribution in [0.4, 0.5) is 0 Å². The van der Waals surface area contributed by atoms with Crippen LogP contribution in [0.3, 0.4) is 0 Å². The van der Waals surface area contributed by atoms with Crippen molar-refractivity contribution in [3.63, 3.8) is 0 Å². The molecule has 2 atom stereocenters. The predicted octanol–water partition coefficient (Wildman–Crippen LogP) is 3.61. The number of carbonyl (C=O) groups is 2. The number of aliphatic hydroxyl groups excluding tert-OH is 2. The molecule has 3 rings (SSSR count). The van der Waals surface area contributed by atoms with Gasteiger partial charge >= 0.3 is 0 Å². The highest BCUT2D eigenvalue weighted by atomic mass is 16.3. The molecule has 0 unspecified atom stereocenters. The summed E-state index contributed by atoms with van der Waals surface area (Å²) in [6.07, 6.45) is -0.799. The maximum absolute atomic E-state index is 12.8. The Morgan fingerprint density at radius 3 is 2.14 bits per heavy atom. The zero-order valence-corrected chi connectivity index (χ0v) is 16.3. The van der Waals surface area contributed by atoms with Crippen molar-refractivity contribution in [2.24, 2.45) is 0 Å². The van der Waals surface area contributed by atoms with Gasteiger partial charge in [0.25, 0.3) is 11.7 Å². The first-order chi connectivity index (χ1) is 13.3. The van der Waals surface area contributed by atoms with Crippen molar-refractivity contribution in [2.75, 3.05) is 6.54 Å². The molecule has 0 aromatic heterocycles. The Balaban J connectivity index is 2.15. The van der Waals surface area contributed by atoms with Crippen molar-refractivity contribution < 1.29 is 19.8 Å². The van der Waals surface area contributed by atoms with E-state index in [0.29, 0.717) is 11.5 Å². The second-order valence-electron chi connectivity index (χ2n) is 7.49. The van der Waals surface area contributed by atoms with E-state index in [9.17, 15) is 19.8 Å². The van der Waals surface area contributed by atoms with E-state index >= 15 is 0 Å². The van der Waals surface area contributed by atoms with Gasteiger partial charge in [-0.25, -0.2) is 0 Å². The van der Waals surface area contributed by atoms with Crippen LogP contribution in [-0.4, -0.2) is 39.5 Å². The molecule has 1 fully saturated rings. The van der Waals surface area contributed by atoms with Crippen LogP contribution in [0.2, 0.25) is 0 Å². The highest BCUT2D eigenvalue weighted by Gasteiger charge is 2.46. The van der Waals surface area contributed by atoms with Crippen molar-refractivity contribution in [1.82, 2.24) is 4.90 Å². The third kappa shape index (κ3) is 3.71. The standard InChI is InChI=1S/C23H25NO4/c1-14(2)16-9-11-17(12-10-16)20-19(21(26)18-7-5-4-6-8-18)22(27)23(28)24(20)13-15(3)25/h4-12,14-15,20,25-26H,13H2,1-3H3/t15-,20+/m0/s1. The highest BCUT2D eigenvalue weighted by Crippen LogP contribution is 2.39. The van der Waals surface area contributed by atoms with Crippen LogP contribution in [0, 0.1) is 0 Å². The average molecular weight is 379 g/mol. The maximum Gasteiger partial charge on any atom is 0.295 e. The minimum Gasteiger partial charge on any atom is -0.507 e. The molecule has 1 aliphatic heterocycles. The summed E-state index contributed by atoms with van der Waals surface area (Å²) in [7, 11) is 0. The van der Waals surface area contributed by atoms with E-state index < -0.39 is 23.8 Å². The van der Waals surface area contributed by atoms with Crippen LogP contribution in [-0.2, 0) is 9.59 Å². The van der Waals surface area contributed by atoms with Crippen molar-refractivity contribution in [3.8, 4) is 0 Å². The lowest BCUT2D eigenvalue weighted by molar-refractivity contribution is -0.140. The molecule has 1 amide bonds. The number of benzene rings is 2. The van der Waals surface area contributed by atoms with Crippen LogP contribution >= 0.6 is 0 Å². The molecule has 1 saturated heterocycles. The van der Waals surface area contributed by atoms with Gasteiger partial charge in [0, 0.05) is 12.1 Å². The van der Waals surface area contributed by atoms with Crippen LogP contribution < -0.4 is 0 Å². The summed E-state index contributed by atoms with van der Waals surface area (Å²) < 4.78 is 0. The van der Waals surface area contributed by atoms with Crippen molar-refractivity contribution in [1.29, 1.82) is 0 Å². The summed E-state index contributed by atoms with van der Waals surface area (Å²) in [6, 6.07) is 15.6. The zero-order chi connectivity index (χ0) is 20.4. The number of likely N-dealkylation sites (tertiary alicyclic amines) is 1. The van der Waals surface area contributed by atoms with Gasteiger partial charge in [0.15, 0.2) is 0 Å². The van der Waals surface area contributed by atoms with Crippen LogP contribution in [0.15, 0.2) is 60.2 Å². The van der Waals surface area contributed by atoms with E-state index in [1.54, 1.807) is 31.2 Å². The van der Waals surface area contributed by atoms with Gasteiger partial charge in [0.1, 0.15) is 5.76 Å². The molecule has 0 aliphatic carbocycles. The number of nitrogens with zero attached hydrogens (tertiary/aromatic N) is 1. The summed E-state index contributed by atoms with van der Waals surface area (Å²) >= 11 is 0. The van der Waals surface area contributed by atoms with E-state index in [0.717, 1.165) is 11.1 Å². The van der Waals surface area contributed by atoms with Gasteiger partial charge in [-0.15, -0.1) is 0 Å². The van der Waals surface area contributed by atoms with Gasteiger partial charge < -0.3 is 15.1 Å². The minimum atomic E-state index is -0.799. The number of hydrogen-bond acceptors (Lipinski definition) is 4. The van der Waals surface area contributed by atoms with Gasteiger partial charge in [-0.3, -0.25) is 9.59 Å². The van der Waals surface area contributed by atoms with Crippen molar-refractivity contribution >= 4 is 17.4 Å². The van der Waals surface area contributed by atoms with Crippen molar-refractivity contribution in [3.05, 3.63) is 76.9 Å². The number of hydrogen-bond donors (Lipinski definition) is 2. The first kappa shape index (κ1) is 19.8. The molecule has 5 heteroatoms. The van der Waals surface area contributed by atoms with E-state index in [4.69, 9.17) is 0 Å². The van der Waals surface area contributed by atoms with Crippen LogP contribution in [0.5, 0.6) is 0 Å². The summed E-state index contributed by atoms with van der Waals surface area (Å²) in [5.74, 6) is -1.30. The highest BCUT2D eigenvalue weighted by molar-refractivity contribution is 6.46. The molecular formula is C23H25NO4. The van der Waals surface area contributed by atoms with E-state index in [-0.39, 0.29) is 17.9 Å². The fourth-order valence-corrected chi connectivity index (χ4v) is 3.51. The quantitative estimate of drug-likeness (QED) is 0.473. The molecule has 0 bridgehead atoms. The van der Waals surface area contributed by atoms with Crippen LogP contribution in [0.1, 0.15) is 49.4 Å². The Morgan fingerprint density at radius 2 is 1.61 bits per heavy atom. The Labute approximate surface area is 164 Å². The SMILES string of the molecule is CC(C)c1ccc([C@@H]2C(=C(O)c3ccccc3)C(=O)C(=O)N2C[C@H](C)O)cc1. The summed E-state index contributed by atoms with van der Waals surface area (Å²) in [5, 5.41) is 20.7. The second-order valence-corrected chi connectivity index (χ2v) is 7.49. The third-order valence-electron chi connectivity index (χ3n) is 4.97. The lowest BCUT2D eigenvalue weighted by atomic mass is 9.93. The molecule has 0 spiro atoms. The maximum atomic E-state index is 12.8. The first-order valence-corrected chi connectivity index (χ1v) is 9.43. The van der Waals surface area contributed by atoms with Gasteiger partial charge in [-0.05, 0) is 24.0 Å². The second kappa shape index (κ2) is 7.98. The molecule has 1 heterocycles. The zero-order valence-electron chi connectivity index (χ0n) is 16.3. The molecule has 0 radical (unpaired) electrons. The van der Waals surface area contributed by atoms with E-state index in [2.05, 4.69) is 13.8 Å². The Hall–Kier alpha value is -2.92. The molecule has 28 heavy (non-hydrogen) atoms. The molecule has 2 aromatic rings. The van der Waals surface area contributed by atoms with Crippen molar-refractivity contribution in [2.45, 2.75) is 38.8 Å². The molecule has 0 saturated carbocycles. The Bertz CT molecular complexity index is 898. The summed E-state index contributed by atoms with van der Waals surface area (Å²) in [4.78, 5) is 26.8. The lowest BCUT2D eigenvalue weighted by Crippen LogP contribution is -2.35. The summed E-state index contributed by atoms with van der Waals surface area (Å²) in [6.45, 7) is 5.75. The van der Waals surface area contributed by atoms with E-state index in [1.807, 2.05) is 30.3 Å². The van der Waals surface area contributed by atoms with Gasteiger partial charge in [-0.2, -0.15) is 0 Å². The number of aliphatic hydroxyl groups is 2. The monoisotopic (exact) mass is 379 g/mol. The number of ketones is 1. The molecular weight excluding hydrogens is 354 g/mol. The fraction of sp³-hybridized carbons (Fsp3) is 0.304. The van der Waals surface area contributed by atoms with Gasteiger partial charge in [-0.1, -0.05) is 68.4 Å². The van der Waals surface area contributed by atoms with Gasteiger partial charge in [0.2, 0.25) is 0 Å². The molecule has 2 N–H and O–H groups in total. The largest absolute Gasteiger partial charge is 0.507 e. The lowest BCUT2D eigenvalue weighted by Gasteiger charge is -2.26. The number of Topliss-reactive ketones (excluding diaryl/α,β-unsaturated/α-hetero) is 1. The minimum absolute atomic E-state index is 0.00669. The normalized spacial score (nSPS) is 20.0. The topological polar surface area (TPSA) is 77.8 Å². The Kier molecular flexibility index (Phi) is 5.66. The number of carbonyl (C=O) groups excluding carboxylic acids is 2. The first-order valence-electron chi connectivity index (χ1n) is 9.43. The number of β-amino-alcohol motifs (C(OH)–C–C–N with tert-alkyl or cyclic N) is 1. The molecule has 1 aliphatic rings. The predicted molar refractivity (Wildman–Crippen MR) is 108 cm³/mol. The molecule has 146 valence electrons. The van der Waals surface area contributed by atoms with E-state index in [1.165, 1.54) is 4.90 Å².